The average molecular weight is 261 g/mol. The van der Waals surface area contributed by atoms with Crippen LogP contribution in [0.1, 0.15) is 26.5 Å². The van der Waals surface area contributed by atoms with Crippen molar-refractivity contribution in [1.82, 2.24) is 4.98 Å². The molecule has 102 valence electrons. The summed E-state index contributed by atoms with van der Waals surface area (Å²) in [6.45, 7) is 5.94. The molecule has 1 aromatic heterocycles. The number of hydrogen-bond acceptors (Lipinski definition) is 4. The SMILES string of the molecule is CC(C)(C)OCC(=O)Nc1cccc(C#CCN)n1. The standard InChI is InChI=1S/C14H19N3O2/c1-14(2,3)19-10-13(18)17-12-8-4-6-11(16-12)7-5-9-15/h4,6,8H,9-10,15H2,1-3H3,(H,16,17,18). The smallest absolute Gasteiger partial charge is 0.251 e. The number of carbonyl (C=O) groups excluding carboxylic acids is 1. The normalized spacial score (nSPS) is 10.5. The Hall–Kier alpha value is -1.90. The molecule has 3 N–H and O–H groups in total. The Bertz CT molecular complexity index is 495. The molecule has 1 heterocycles. The van der Waals surface area contributed by atoms with Crippen LogP contribution in [0.3, 0.4) is 0 Å². The van der Waals surface area contributed by atoms with Gasteiger partial charge in [0.2, 0.25) is 0 Å². The summed E-state index contributed by atoms with van der Waals surface area (Å²) in [7, 11) is 0. The fourth-order valence-corrected chi connectivity index (χ4v) is 1.18. The van der Waals surface area contributed by atoms with Gasteiger partial charge in [0.15, 0.2) is 0 Å². The highest BCUT2D eigenvalue weighted by molar-refractivity contribution is 5.90. The van der Waals surface area contributed by atoms with Crippen LogP contribution in [-0.2, 0) is 9.53 Å². The zero-order valence-corrected chi connectivity index (χ0v) is 11.5. The van der Waals surface area contributed by atoms with Gasteiger partial charge >= 0.3 is 0 Å². The van der Waals surface area contributed by atoms with Gasteiger partial charge in [-0.1, -0.05) is 12.0 Å². The number of ether oxygens (including phenoxy) is 1. The second-order valence-corrected chi connectivity index (χ2v) is 4.86. The van der Waals surface area contributed by atoms with Crippen molar-refractivity contribution in [3.05, 3.63) is 23.9 Å². The van der Waals surface area contributed by atoms with E-state index in [1.807, 2.05) is 20.8 Å². The van der Waals surface area contributed by atoms with E-state index in [1.54, 1.807) is 18.2 Å². The van der Waals surface area contributed by atoms with Gasteiger partial charge in [0.05, 0.1) is 12.1 Å². The third-order valence-electron chi connectivity index (χ3n) is 1.97. The second kappa shape index (κ2) is 6.88. The first-order chi connectivity index (χ1) is 8.90. The van der Waals surface area contributed by atoms with E-state index in [4.69, 9.17) is 10.5 Å². The van der Waals surface area contributed by atoms with E-state index in [-0.39, 0.29) is 24.7 Å². The second-order valence-electron chi connectivity index (χ2n) is 4.86. The van der Waals surface area contributed by atoms with Crippen LogP contribution >= 0.6 is 0 Å². The van der Waals surface area contributed by atoms with Gasteiger partial charge in [-0.2, -0.15) is 0 Å². The van der Waals surface area contributed by atoms with Crippen LogP contribution in [-0.4, -0.2) is 29.6 Å². The van der Waals surface area contributed by atoms with Crippen molar-refractivity contribution in [1.29, 1.82) is 0 Å². The van der Waals surface area contributed by atoms with Crippen LogP contribution in [0.25, 0.3) is 0 Å². The molecule has 0 aliphatic heterocycles. The molecule has 0 aliphatic rings. The third kappa shape index (κ3) is 6.55. The van der Waals surface area contributed by atoms with Crippen LogP contribution in [0, 0.1) is 11.8 Å². The molecular weight excluding hydrogens is 242 g/mol. The van der Waals surface area contributed by atoms with Crippen molar-refractivity contribution in [3.63, 3.8) is 0 Å². The number of nitrogens with one attached hydrogen (secondary N) is 1. The molecule has 1 rings (SSSR count). The van der Waals surface area contributed by atoms with Crippen molar-refractivity contribution < 1.29 is 9.53 Å². The van der Waals surface area contributed by atoms with E-state index in [9.17, 15) is 4.79 Å². The maximum absolute atomic E-state index is 11.7. The number of aromatic nitrogens is 1. The van der Waals surface area contributed by atoms with E-state index in [0.717, 1.165) is 0 Å². The van der Waals surface area contributed by atoms with Gasteiger partial charge in [-0.05, 0) is 38.8 Å². The molecule has 0 bridgehead atoms. The highest BCUT2D eigenvalue weighted by Crippen LogP contribution is 2.07. The summed E-state index contributed by atoms with van der Waals surface area (Å²) in [6, 6.07) is 5.22. The van der Waals surface area contributed by atoms with Gasteiger partial charge < -0.3 is 15.8 Å². The van der Waals surface area contributed by atoms with Gasteiger partial charge in [-0.25, -0.2) is 4.98 Å². The Balaban J connectivity index is 2.59. The van der Waals surface area contributed by atoms with Gasteiger partial charge in [-0.15, -0.1) is 0 Å². The van der Waals surface area contributed by atoms with Crippen LogP contribution in [0.4, 0.5) is 5.82 Å². The van der Waals surface area contributed by atoms with Crippen molar-refractivity contribution in [2.75, 3.05) is 18.5 Å². The molecule has 0 saturated carbocycles. The predicted molar refractivity (Wildman–Crippen MR) is 74.5 cm³/mol. The number of nitrogens with zero attached hydrogens (tertiary/aromatic N) is 1. The Kier molecular flexibility index (Phi) is 5.49. The molecule has 1 aromatic rings. The first-order valence-electron chi connectivity index (χ1n) is 6.00. The highest BCUT2D eigenvalue weighted by Gasteiger charge is 2.13. The van der Waals surface area contributed by atoms with Crippen LogP contribution in [0.15, 0.2) is 18.2 Å². The predicted octanol–water partition coefficient (Wildman–Crippen LogP) is 1.15. The summed E-state index contributed by atoms with van der Waals surface area (Å²) in [5.74, 6) is 5.72. The summed E-state index contributed by atoms with van der Waals surface area (Å²) in [5.41, 5.74) is 5.51. The van der Waals surface area contributed by atoms with Crippen LogP contribution in [0.2, 0.25) is 0 Å². The van der Waals surface area contributed by atoms with Gasteiger partial charge in [0.1, 0.15) is 18.1 Å². The Morgan fingerprint density at radius 2 is 2.21 bits per heavy atom. The molecular formula is C14H19N3O2. The number of pyridine rings is 1. The van der Waals surface area contributed by atoms with E-state index >= 15 is 0 Å². The monoisotopic (exact) mass is 261 g/mol. The zero-order chi connectivity index (χ0) is 14.3. The highest BCUT2D eigenvalue weighted by atomic mass is 16.5. The lowest BCUT2D eigenvalue weighted by Gasteiger charge is -2.18. The molecule has 0 spiro atoms. The van der Waals surface area contributed by atoms with E-state index in [1.165, 1.54) is 0 Å². The Labute approximate surface area is 113 Å². The van der Waals surface area contributed by atoms with Gasteiger partial charge in [0, 0.05) is 0 Å². The molecule has 19 heavy (non-hydrogen) atoms. The Morgan fingerprint density at radius 3 is 2.84 bits per heavy atom. The molecule has 5 heteroatoms. The molecule has 0 atom stereocenters. The number of hydrogen-bond donors (Lipinski definition) is 2. The number of anilines is 1. The van der Waals surface area contributed by atoms with Crippen LogP contribution < -0.4 is 11.1 Å². The molecule has 0 aromatic carbocycles. The minimum absolute atomic E-state index is 0.0100. The Morgan fingerprint density at radius 1 is 1.47 bits per heavy atom. The fraction of sp³-hybridized carbons (Fsp3) is 0.429. The molecule has 5 nitrogen and oxygen atoms in total. The van der Waals surface area contributed by atoms with Gasteiger partial charge in [0.25, 0.3) is 5.91 Å². The van der Waals surface area contributed by atoms with Crippen molar-refractivity contribution in [2.24, 2.45) is 5.73 Å². The largest absolute Gasteiger partial charge is 0.366 e. The summed E-state index contributed by atoms with van der Waals surface area (Å²) < 4.78 is 5.37. The summed E-state index contributed by atoms with van der Waals surface area (Å²) >= 11 is 0. The number of amides is 1. The van der Waals surface area contributed by atoms with Crippen molar-refractivity contribution in [2.45, 2.75) is 26.4 Å². The maximum Gasteiger partial charge on any atom is 0.251 e. The number of rotatable bonds is 3. The molecule has 1 amide bonds. The lowest BCUT2D eigenvalue weighted by atomic mass is 10.2. The number of nitrogens with two attached hydrogens (primary N) is 1. The van der Waals surface area contributed by atoms with Crippen molar-refractivity contribution in [3.8, 4) is 11.8 Å². The lowest BCUT2D eigenvalue weighted by Crippen LogP contribution is -2.27. The first kappa shape index (κ1) is 15.2. The lowest BCUT2D eigenvalue weighted by molar-refractivity contribution is -0.125. The van der Waals surface area contributed by atoms with E-state index in [2.05, 4.69) is 22.1 Å². The van der Waals surface area contributed by atoms with Gasteiger partial charge in [-0.3, -0.25) is 4.79 Å². The molecule has 0 aliphatic carbocycles. The first-order valence-corrected chi connectivity index (χ1v) is 6.00. The zero-order valence-electron chi connectivity index (χ0n) is 11.5. The molecule has 0 saturated heterocycles. The maximum atomic E-state index is 11.7. The summed E-state index contributed by atoms with van der Waals surface area (Å²) in [6.07, 6.45) is 0. The molecule has 0 radical (unpaired) electrons. The van der Waals surface area contributed by atoms with Crippen molar-refractivity contribution >= 4 is 11.7 Å². The van der Waals surface area contributed by atoms with Crippen LogP contribution in [0.5, 0.6) is 0 Å². The minimum Gasteiger partial charge on any atom is -0.366 e. The van der Waals surface area contributed by atoms with E-state index < -0.39 is 0 Å². The molecule has 0 unspecified atom stereocenters. The quantitative estimate of drug-likeness (QED) is 0.800. The topological polar surface area (TPSA) is 77.2 Å². The summed E-state index contributed by atoms with van der Waals surface area (Å²) in [5, 5.41) is 2.66. The number of carbonyl (C=O) groups is 1. The minimum atomic E-state index is -0.348. The summed E-state index contributed by atoms with van der Waals surface area (Å²) in [4.78, 5) is 15.8. The van der Waals surface area contributed by atoms with E-state index in [0.29, 0.717) is 11.5 Å². The third-order valence-corrected chi connectivity index (χ3v) is 1.97. The average Bonchev–Trinajstić information content (AvgIpc) is 2.33. The fourth-order valence-electron chi connectivity index (χ4n) is 1.18. The molecule has 0 fully saturated rings.